The van der Waals surface area contributed by atoms with Gasteiger partial charge in [-0.15, -0.1) is 0 Å². The summed E-state index contributed by atoms with van der Waals surface area (Å²) in [7, 11) is 0. The third kappa shape index (κ3) is 2.83. The van der Waals surface area contributed by atoms with Crippen LogP contribution in [0.15, 0.2) is 33.5 Å². The van der Waals surface area contributed by atoms with Gasteiger partial charge in [0.1, 0.15) is 5.82 Å². The molecule has 1 saturated carbocycles. The zero-order valence-electron chi connectivity index (χ0n) is 10.8. The Morgan fingerprint density at radius 1 is 1.20 bits per heavy atom. The van der Waals surface area contributed by atoms with E-state index in [9.17, 15) is 4.79 Å². The van der Waals surface area contributed by atoms with Crippen LogP contribution in [0.2, 0.25) is 0 Å². The monoisotopic (exact) mass is 444 g/mol. The molecule has 5 heteroatoms. The lowest BCUT2D eigenvalue weighted by Crippen LogP contribution is -2.17. The fourth-order valence-electron chi connectivity index (χ4n) is 2.69. The van der Waals surface area contributed by atoms with Crippen molar-refractivity contribution in [3.63, 3.8) is 0 Å². The SMILES string of the molecule is O=c1[nH]c(-c2ccc(Br)cc2)nc(C2CCCC2)c1I. The molecule has 0 amide bonds. The molecule has 20 heavy (non-hydrogen) atoms. The van der Waals surface area contributed by atoms with E-state index in [2.05, 4.69) is 43.5 Å². The van der Waals surface area contributed by atoms with Crippen molar-refractivity contribution in [3.8, 4) is 11.4 Å². The topological polar surface area (TPSA) is 45.8 Å². The van der Waals surface area contributed by atoms with Gasteiger partial charge in [0.25, 0.3) is 5.56 Å². The first-order valence-electron chi connectivity index (χ1n) is 6.71. The molecule has 0 saturated heterocycles. The second kappa shape index (κ2) is 5.97. The van der Waals surface area contributed by atoms with Crippen molar-refractivity contribution in [3.05, 3.63) is 48.4 Å². The Balaban J connectivity index is 2.08. The Kier molecular flexibility index (Phi) is 4.26. The molecule has 2 aromatic rings. The Bertz CT molecular complexity index is 675. The molecule has 0 bridgehead atoms. The molecule has 3 rings (SSSR count). The molecule has 3 nitrogen and oxygen atoms in total. The summed E-state index contributed by atoms with van der Waals surface area (Å²) >= 11 is 5.54. The third-order valence-corrected chi connectivity index (χ3v) is 5.32. The number of halogens is 2. The molecule has 1 aliphatic rings. The summed E-state index contributed by atoms with van der Waals surface area (Å²) in [4.78, 5) is 19.8. The maximum absolute atomic E-state index is 12.1. The lowest BCUT2D eigenvalue weighted by Gasteiger charge is -2.12. The molecular weight excluding hydrogens is 431 g/mol. The number of H-pyrrole nitrogens is 1. The van der Waals surface area contributed by atoms with Crippen molar-refractivity contribution in [1.82, 2.24) is 9.97 Å². The molecule has 1 heterocycles. The molecule has 1 aromatic heterocycles. The number of nitrogens with one attached hydrogen (secondary N) is 1. The smallest absolute Gasteiger partial charge is 0.264 e. The van der Waals surface area contributed by atoms with Gasteiger partial charge in [-0.05, 0) is 47.6 Å². The summed E-state index contributed by atoms with van der Waals surface area (Å²) in [5.41, 5.74) is 1.89. The average molecular weight is 445 g/mol. The van der Waals surface area contributed by atoms with E-state index >= 15 is 0 Å². The van der Waals surface area contributed by atoms with Crippen LogP contribution >= 0.6 is 38.5 Å². The van der Waals surface area contributed by atoms with Crippen molar-refractivity contribution in [1.29, 1.82) is 0 Å². The van der Waals surface area contributed by atoms with Gasteiger partial charge in [-0.2, -0.15) is 0 Å². The number of hydrogen-bond acceptors (Lipinski definition) is 2. The quantitative estimate of drug-likeness (QED) is 0.695. The van der Waals surface area contributed by atoms with Crippen molar-refractivity contribution < 1.29 is 0 Å². The van der Waals surface area contributed by atoms with Gasteiger partial charge in [-0.25, -0.2) is 4.98 Å². The predicted molar refractivity (Wildman–Crippen MR) is 91.9 cm³/mol. The Hall–Kier alpha value is -0.690. The van der Waals surface area contributed by atoms with Crippen LogP contribution in [0, 0.1) is 3.57 Å². The number of aromatic amines is 1. The van der Waals surface area contributed by atoms with Crippen LogP contribution in [0.5, 0.6) is 0 Å². The maximum Gasteiger partial charge on any atom is 0.264 e. The minimum atomic E-state index is -0.0274. The van der Waals surface area contributed by atoms with Crippen LogP contribution in [0.25, 0.3) is 11.4 Å². The first-order chi connectivity index (χ1) is 9.65. The Morgan fingerprint density at radius 2 is 1.85 bits per heavy atom. The van der Waals surface area contributed by atoms with Crippen LogP contribution < -0.4 is 5.56 Å². The molecule has 1 aliphatic carbocycles. The van der Waals surface area contributed by atoms with Gasteiger partial charge in [-0.1, -0.05) is 40.9 Å². The minimum Gasteiger partial charge on any atom is -0.306 e. The van der Waals surface area contributed by atoms with E-state index < -0.39 is 0 Å². The van der Waals surface area contributed by atoms with E-state index in [1.807, 2.05) is 24.3 Å². The molecule has 1 N–H and O–H groups in total. The molecule has 0 unspecified atom stereocenters. The highest BCUT2D eigenvalue weighted by atomic mass is 127. The number of nitrogens with zero attached hydrogens (tertiary/aromatic N) is 1. The van der Waals surface area contributed by atoms with Crippen LogP contribution in [0.1, 0.15) is 37.3 Å². The van der Waals surface area contributed by atoms with E-state index in [0.717, 1.165) is 32.1 Å². The lowest BCUT2D eigenvalue weighted by atomic mass is 10.0. The zero-order chi connectivity index (χ0) is 14.1. The second-order valence-corrected chi connectivity index (χ2v) is 7.10. The van der Waals surface area contributed by atoms with E-state index in [1.165, 1.54) is 12.8 Å². The van der Waals surface area contributed by atoms with Crippen molar-refractivity contribution in [2.75, 3.05) is 0 Å². The van der Waals surface area contributed by atoms with Crippen molar-refractivity contribution in [2.45, 2.75) is 31.6 Å². The summed E-state index contributed by atoms with van der Waals surface area (Å²) < 4.78 is 1.76. The standard InChI is InChI=1S/C15H14BrIN2O/c16-11-7-5-10(6-8-11)14-18-13(9-3-1-2-4-9)12(17)15(20)19-14/h5-9H,1-4H2,(H,18,19,20). The van der Waals surface area contributed by atoms with Gasteiger partial charge in [0, 0.05) is 16.0 Å². The predicted octanol–water partition coefficient (Wildman–Crippen LogP) is 4.46. The molecule has 104 valence electrons. The second-order valence-electron chi connectivity index (χ2n) is 5.10. The first kappa shape index (κ1) is 14.3. The summed E-state index contributed by atoms with van der Waals surface area (Å²) in [5, 5.41) is 0. The molecule has 0 aliphatic heterocycles. The van der Waals surface area contributed by atoms with Crippen LogP contribution in [-0.4, -0.2) is 9.97 Å². The highest BCUT2D eigenvalue weighted by Gasteiger charge is 2.23. The number of hydrogen-bond donors (Lipinski definition) is 1. The lowest BCUT2D eigenvalue weighted by molar-refractivity contribution is 0.687. The normalized spacial score (nSPS) is 15.7. The van der Waals surface area contributed by atoms with Crippen LogP contribution in [0.3, 0.4) is 0 Å². The Labute approximate surface area is 139 Å². The highest BCUT2D eigenvalue weighted by Crippen LogP contribution is 2.34. The molecule has 0 radical (unpaired) electrons. The van der Waals surface area contributed by atoms with Gasteiger partial charge in [0.05, 0.1) is 9.26 Å². The molecular formula is C15H14BrIN2O. The number of benzene rings is 1. The van der Waals surface area contributed by atoms with Crippen molar-refractivity contribution >= 4 is 38.5 Å². The van der Waals surface area contributed by atoms with Gasteiger partial charge in [-0.3, -0.25) is 4.79 Å². The zero-order valence-corrected chi connectivity index (χ0v) is 14.6. The number of rotatable bonds is 2. The Morgan fingerprint density at radius 3 is 2.50 bits per heavy atom. The molecule has 0 spiro atoms. The van der Waals surface area contributed by atoms with Gasteiger partial charge in [0.2, 0.25) is 0 Å². The van der Waals surface area contributed by atoms with Gasteiger partial charge in [0.15, 0.2) is 0 Å². The van der Waals surface area contributed by atoms with E-state index in [4.69, 9.17) is 4.98 Å². The van der Waals surface area contributed by atoms with E-state index in [1.54, 1.807) is 0 Å². The van der Waals surface area contributed by atoms with E-state index in [0.29, 0.717) is 11.7 Å². The highest BCUT2D eigenvalue weighted by molar-refractivity contribution is 14.1. The first-order valence-corrected chi connectivity index (χ1v) is 8.58. The average Bonchev–Trinajstić information content (AvgIpc) is 2.96. The molecule has 1 fully saturated rings. The summed E-state index contributed by atoms with van der Waals surface area (Å²) in [6.07, 6.45) is 4.77. The van der Waals surface area contributed by atoms with E-state index in [-0.39, 0.29) is 5.56 Å². The largest absolute Gasteiger partial charge is 0.306 e. The maximum atomic E-state index is 12.1. The summed E-state index contributed by atoms with van der Waals surface area (Å²) in [5.74, 6) is 1.11. The fourth-order valence-corrected chi connectivity index (χ4v) is 3.65. The molecule has 0 atom stereocenters. The minimum absolute atomic E-state index is 0.0274. The van der Waals surface area contributed by atoms with Gasteiger partial charge >= 0.3 is 0 Å². The number of aromatic nitrogens is 2. The van der Waals surface area contributed by atoms with Crippen LogP contribution in [0.4, 0.5) is 0 Å². The van der Waals surface area contributed by atoms with Crippen LogP contribution in [-0.2, 0) is 0 Å². The third-order valence-electron chi connectivity index (χ3n) is 3.75. The van der Waals surface area contributed by atoms with Gasteiger partial charge < -0.3 is 4.98 Å². The molecule has 1 aromatic carbocycles. The summed E-state index contributed by atoms with van der Waals surface area (Å²) in [6.45, 7) is 0. The van der Waals surface area contributed by atoms with Crippen molar-refractivity contribution in [2.24, 2.45) is 0 Å². The summed E-state index contributed by atoms with van der Waals surface area (Å²) in [6, 6.07) is 7.85. The fraction of sp³-hybridized carbons (Fsp3) is 0.333.